The van der Waals surface area contributed by atoms with Gasteiger partial charge in [0.1, 0.15) is 17.3 Å². The molecule has 0 amide bonds. The third-order valence-electron chi connectivity index (χ3n) is 2.37. The fourth-order valence-corrected chi connectivity index (χ4v) is 1.53. The molecule has 0 saturated heterocycles. The number of ether oxygens (including phenoxy) is 1. The third kappa shape index (κ3) is 2.79. The average molecular weight is 244 g/mol. The molecule has 92 valence electrons. The van der Waals surface area contributed by atoms with Crippen molar-refractivity contribution >= 4 is 12.0 Å². The number of benzene rings is 1. The van der Waals surface area contributed by atoms with Crippen molar-refractivity contribution in [2.45, 2.75) is 0 Å². The Morgan fingerprint density at radius 2 is 2.17 bits per heavy atom. The smallest absolute Gasteiger partial charge is 0.328 e. The fourth-order valence-electron chi connectivity index (χ4n) is 1.53. The van der Waals surface area contributed by atoms with Crippen LogP contribution >= 0.6 is 0 Å². The summed E-state index contributed by atoms with van der Waals surface area (Å²) in [5, 5.41) is 8.52. The monoisotopic (exact) mass is 244 g/mol. The predicted octanol–water partition coefficient (Wildman–Crippen LogP) is 3.05. The number of methoxy groups -OCH3 is 1. The highest BCUT2D eigenvalue weighted by atomic mass is 16.5. The first-order chi connectivity index (χ1) is 8.69. The molecule has 2 rings (SSSR count). The van der Waals surface area contributed by atoms with Crippen LogP contribution < -0.4 is 4.74 Å². The van der Waals surface area contributed by atoms with E-state index in [2.05, 4.69) is 0 Å². The van der Waals surface area contributed by atoms with Gasteiger partial charge in [-0.3, -0.25) is 0 Å². The topological polar surface area (TPSA) is 59.7 Å². The molecule has 0 aliphatic rings. The van der Waals surface area contributed by atoms with Crippen molar-refractivity contribution < 1.29 is 19.1 Å². The fraction of sp³-hybridized carbons (Fsp3) is 0.0714. The maximum atomic E-state index is 10.4. The van der Waals surface area contributed by atoms with Crippen LogP contribution in [0.3, 0.4) is 0 Å². The number of carboxylic acids is 1. The van der Waals surface area contributed by atoms with Gasteiger partial charge in [0.25, 0.3) is 0 Å². The Bertz CT molecular complexity index is 581. The maximum absolute atomic E-state index is 10.4. The summed E-state index contributed by atoms with van der Waals surface area (Å²) in [6.45, 7) is 0. The summed E-state index contributed by atoms with van der Waals surface area (Å²) in [6, 6.07) is 11.0. The van der Waals surface area contributed by atoms with E-state index in [0.29, 0.717) is 11.5 Å². The lowest BCUT2D eigenvalue weighted by atomic mass is 10.2. The Kier molecular flexibility index (Phi) is 3.48. The van der Waals surface area contributed by atoms with Crippen molar-refractivity contribution in [3.8, 4) is 17.1 Å². The maximum Gasteiger partial charge on any atom is 0.328 e. The van der Waals surface area contributed by atoms with Gasteiger partial charge >= 0.3 is 5.97 Å². The average Bonchev–Trinajstić information content (AvgIpc) is 2.85. The molecular weight excluding hydrogens is 232 g/mol. The summed E-state index contributed by atoms with van der Waals surface area (Å²) >= 11 is 0. The van der Waals surface area contributed by atoms with Crippen LogP contribution in [0.15, 0.2) is 46.9 Å². The molecule has 1 aromatic heterocycles. The van der Waals surface area contributed by atoms with Gasteiger partial charge in [-0.2, -0.15) is 0 Å². The van der Waals surface area contributed by atoms with Gasteiger partial charge in [0.2, 0.25) is 0 Å². The lowest BCUT2D eigenvalue weighted by Gasteiger charge is -2.01. The van der Waals surface area contributed by atoms with Gasteiger partial charge in [0.05, 0.1) is 7.11 Å². The van der Waals surface area contributed by atoms with E-state index in [4.69, 9.17) is 14.3 Å². The van der Waals surface area contributed by atoms with Gasteiger partial charge in [0, 0.05) is 11.6 Å². The lowest BCUT2D eigenvalue weighted by Crippen LogP contribution is -1.84. The number of aliphatic carboxylic acids is 1. The molecule has 18 heavy (non-hydrogen) atoms. The molecule has 0 spiro atoms. The first-order valence-corrected chi connectivity index (χ1v) is 5.34. The molecule has 1 aromatic carbocycles. The summed E-state index contributed by atoms with van der Waals surface area (Å²) in [5.74, 6) is 0.898. The molecule has 0 fully saturated rings. The van der Waals surface area contributed by atoms with Gasteiger partial charge in [-0.05, 0) is 30.3 Å². The summed E-state index contributed by atoms with van der Waals surface area (Å²) in [6.07, 6.45) is 2.44. The number of rotatable bonds is 4. The molecule has 1 heterocycles. The van der Waals surface area contributed by atoms with E-state index >= 15 is 0 Å². The Labute approximate surface area is 104 Å². The van der Waals surface area contributed by atoms with E-state index in [0.717, 1.165) is 17.4 Å². The van der Waals surface area contributed by atoms with Crippen LogP contribution in [0.25, 0.3) is 17.4 Å². The minimum absolute atomic E-state index is 0.496. The number of carboxylic acid groups (broad SMARTS) is 1. The van der Waals surface area contributed by atoms with Gasteiger partial charge in [-0.25, -0.2) is 4.79 Å². The van der Waals surface area contributed by atoms with E-state index < -0.39 is 5.97 Å². The van der Waals surface area contributed by atoms with Crippen molar-refractivity contribution in [1.82, 2.24) is 0 Å². The highest BCUT2D eigenvalue weighted by molar-refractivity contribution is 5.84. The van der Waals surface area contributed by atoms with Crippen LogP contribution in [0, 0.1) is 0 Å². The van der Waals surface area contributed by atoms with Gasteiger partial charge < -0.3 is 14.3 Å². The van der Waals surface area contributed by atoms with Gasteiger partial charge in [0.15, 0.2) is 0 Å². The molecule has 0 aliphatic carbocycles. The molecule has 4 nitrogen and oxygen atoms in total. The van der Waals surface area contributed by atoms with E-state index in [9.17, 15) is 4.79 Å². The molecule has 0 saturated carbocycles. The first kappa shape index (κ1) is 12.0. The second-order valence-electron chi connectivity index (χ2n) is 3.61. The predicted molar refractivity (Wildman–Crippen MR) is 67.4 cm³/mol. The largest absolute Gasteiger partial charge is 0.497 e. The van der Waals surface area contributed by atoms with Gasteiger partial charge in [-0.15, -0.1) is 0 Å². The number of hydrogen-bond acceptors (Lipinski definition) is 3. The standard InChI is InChI=1S/C14H12O4/c1-17-12-4-2-3-10(9-12)13-7-5-11(18-13)6-8-14(15)16/h2-9H,1H3,(H,15,16)/b8-6+. The summed E-state index contributed by atoms with van der Waals surface area (Å²) in [5.41, 5.74) is 0.879. The van der Waals surface area contributed by atoms with Crippen molar-refractivity contribution in [2.75, 3.05) is 7.11 Å². The zero-order chi connectivity index (χ0) is 13.0. The Hall–Kier alpha value is -2.49. The second kappa shape index (κ2) is 5.23. The summed E-state index contributed by atoms with van der Waals surface area (Å²) in [4.78, 5) is 10.4. The number of furan rings is 1. The van der Waals surface area contributed by atoms with E-state index in [1.165, 1.54) is 6.08 Å². The summed E-state index contributed by atoms with van der Waals surface area (Å²) < 4.78 is 10.6. The molecule has 0 bridgehead atoms. The van der Waals surface area contributed by atoms with Crippen molar-refractivity contribution in [2.24, 2.45) is 0 Å². The minimum Gasteiger partial charge on any atom is -0.497 e. The quantitative estimate of drug-likeness (QED) is 0.840. The van der Waals surface area contributed by atoms with Crippen LogP contribution in [0.2, 0.25) is 0 Å². The highest BCUT2D eigenvalue weighted by Crippen LogP contribution is 2.26. The third-order valence-corrected chi connectivity index (χ3v) is 2.37. The van der Waals surface area contributed by atoms with E-state index in [1.807, 2.05) is 24.3 Å². The zero-order valence-corrected chi connectivity index (χ0v) is 9.79. The van der Waals surface area contributed by atoms with E-state index in [-0.39, 0.29) is 0 Å². The van der Waals surface area contributed by atoms with Crippen molar-refractivity contribution in [1.29, 1.82) is 0 Å². The van der Waals surface area contributed by atoms with Crippen LogP contribution in [0.4, 0.5) is 0 Å². The van der Waals surface area contributed by atoms with Crippen LogP contribution in [0.1, 0.15) is 5.76 Å². The molecule has 0 radical (unpaired) electrons. The van der Waals surface area contributed by atoms with Gasteiger partial charge in [-0.1, -0.05) is 12.1 Å². The second-order valence-corrected chi connectivity index (χ2v) is 3.61. The first-order valence-electron chi connectivity index (χ1n) is 5.34. The molecular formula is C14H12O4. The summed E-state index contributed by atoms with van der Waals surface area (Å²) in [7, 11) is 1.60. The highest BCUT2D eigenvalue weighted by Gasteiger charge is 2.04. The normalized spacial score (nSPS) is 10.7. The van der Waals surface area contributed by atoms with Crippen molar-refractivity contribution in [3.05, 3.63) is 48.2 Å². The van der Waals surface area contributed by atoms with Crippen LogP contribution in [-0.2, 0) is 4.79 Å². The molecule has 0 unspecified atom stereocenters. The SMILES string of the molecule is COc1cccc(-c2ccc(/C=C/C(=O)O)o2)c1. The Balaban J connectivity index is 2.26. The molecule has 4 heteroatoms. The van der Waals surface area contributed by atoms with E-state index in [1.54, 1.807) is 19.2 Å². The van der Waals surface area contributed by atoms with Crippen LogP contribution in [-0.4, -0.2) is 18.2 Å². The molecule has 1 N–H and O–H groups in total. The minimum atomic E-state index is -1.01. The molecule has 0 atom stereocenters. The Morgan fingerprint density at radius 3 is 2.89 bits per heavy atom. The Morgan fingerprint density at radius 1 is 1.33 bits per heavy atom. The lowest BCUT2D eigenvalue weighted by molar-refractivity contribution is -0.131. The van der Waals surface area contributed by atoms with Crippen LogP contribution in [0.5, 0.6) is 5.75 Å². The molecule has 0 aliphatic heterocycles. The molecule has 2 aromatic rings. The number of hydrogen-bond donors (Lipinski definition) is 1. The zero-order valence-electron chi connectivity index (χ0n) is 9.79. The number of carbonyl (C=O) groups is 1. The van der Waals surface area contributed by atoms with Crippen molar-refractivity contribution in [3.63, 3.8) is 0 Å².